The topological polar surface area (TPSA) is 88.2 Å². The lowest BCUT2D eigenvalue weighted by Crippen LogP contribution is -2.38. The van der Waals surface area contributed by atoms with Gasteiger partial charge in [0.25, 0.3) is 0 Å². The average Bonchev–Trinajstić information content (AvgIpc) is 3.45. The number of aliphatic hydroxyl groups excluding tert-OH is 2. The lowest BCUT2D eigenvalue weighted by atomic mass is 9.77. The summed E-state index contributed by atoms with van der Waals surface area (Å²) in [6.45, 7) is 1.37. The molecule has 4 aromatic carbocycles. The Bertz CT molecular complexity index is 1760. The Morgan fingerprint density at radius 2 is 1.20 bits per heavy atom. The largest absolute Gasteiger partial charge is 0.390 e. The Kier molecular flexibility index (Phi) is 8.46. The first kappa shape index (κ1) is 29.2. The Morgan fingerprint density at radius 1 is 0.727 bits per heavy atom. The van der Waals surface area contributed by atoms with Crippen LogP contribution in [0.3, 0.4) is 0 Å². The van der Waals surface area contributed by atoms with Crippen LogP contribution in [0.25, 0.3) is 10.9 Å². The van der Waals surface area contributed by atoms with Crippen LogP contribution in [0.4, 0.5) is 0 Å². The first-order valence-electron chi connectivity index (χ1n) is 14.9. The van der Waals surface area contributed by atoms with E-state index in [1.165, 1.54) is 0 Å². The number of benzene rings is 4. The normalized spacial score (nSPS) is 12.3. The third kappa shape index (κ3) is 5.34. The molecule has 2 aromatic heterocycles. The van der Waals surface area contributed by atoms with Gasteiger partial charge in [-0.05, 0) is 34.2 Å². The van der Waals surface area contributed by atoms with E-state index < -0.39 is 5.54 Å². The van der Waals surface area contributed by atoms with E-state index in [1.807, 2.05) is 95.7 Å². The summed E-state index contributed by atoms with van der Waals surface area (Å²) in [7, 11) is 0. The summed E-state index contributed by atoms with van der Waals surface area (Å²) >= 11 is 0. The molecular weight excluding hydrogens is 546 g/mol. The van der Waals surface area contributed by atoms with Crippen molar-refractivity contribution in [3.63, 3.8) is 0 Å². The second-order valence-corrected chi connectivity index (χ2v) is 11.2. The minimum atomic E-state index is -0.938. The van der Waals surface area contributed by atoms with Crippen molar-refractivity contribution in [2.75, 3.05) is 0 Å². The minimum Gasteiger partial charge on any atom is -0.390 e. The molecule has 0 unspecified atom stereocenters. The number of aliphatic hydroxyl groups is 2. The molecule has 0 saturated heterocycles. The summed E-state index contributed by atoms with van der Waals surface area (Å²) in [6, 6.07) is 42.4. The predicted molar refractivity (Wildman–Crippen MR) is 172 cm³/mol. The molecule has 0 aliphatic carbocycles. The SMILES string of the molecule is C[C@@H](CC(=O)Cc1cc2c(c(CO)n1)c(CO)nn2C(c1ccccc1)(c1ccccc1)c1ccccc1)c1ccccc1. The van der Waals surface area contributed by atoms with Crippen molar-refractivity contribution >= 4 is 16.7 Å². The molecule has 0 aliphatic rings. The molecule has 6 rings (SSSR count). The third-order valence-corrected chi connectivity index (χ3v) is 8.34. The molecule has 0 fully saturated rings. The molecule has 2 heterocycles. The molecule has 6 nitrogen and oxygen atoms in total. The van der Waals surface area contributed by atoms with Crippen LogP contribution in [0.5, 0.6) is 0 Å². The molecular formula is C38H35N3O3. The number of pyridine rings is 1. The number of carbonyl (C=O) groups excluding carboxylic acids is 1. The van der Waals surface area contributed by atoms with Crippen LogP contribution in [-0.4, -0.2) is 30.8 Å². The lowest BCUT2D eigenvalue weighted by molar-refractivity contribution is -0.118. The van der Waals surface area contributed by atoms with Crippen molar-refractivity contribution in [2.24, 2.45) is 0 Å². The summed E-state index contributed by atoms with van der Waals surface area (Å²) in [4.78, 5) is 18.1. The summed E-state index contributed by atoms with van der Waals surface area (Å²) < 4.78 is 1.94. The fourth-order valence-electron chi connectivity index (χ4n) is 6.34. The lowest BCUT2D eigenvalue weighted by Gasteiger charge is -2.37. The monoisotopic (exact) mass is 581 g/mol. The number of aromatic nitrogens is 3. The molecule has 44 heavy (non-hydrogen) atoms. The van der Waals surface area contributed by atoms with Gasteiger partial charge >= 0.3 is 0 Å². The molecule has 0 bridgehead atoms. The highest BCUT2D eigenvalue weighted by Gasteiger charge is 2.41. The maximum absolute atomic E-state index is 13.4. The number of ketones is 1. The van der Waals surface area contributed by atoms with Crippen LogP contribution in [0.1, 0.15) is 58.6 Å². The zero-order valence-electron chi connectivity index (χ0n) is 24.7. The number of nitrogens with zero attached hydrogens (tertiary/aromatic N) is 3. The van der Waals surface area contributed by atoms with Gasteiger partial charge in [0.2, 0.25) is 0 Å². The van der Waals surface area contributed by atoms with Gasteiger partial charge in [-0.15, -0.1) is 0 Å². The van der Waals surface area contributed by atoms with Gasteiger partial charge < -0.3 is 10.2 Å². The van der Waals surface area contributed by atoms with Crippen molar-refractivity contribution in [2.45, 2.75) is 44.4 Å². The van der Waals surface area contributed by atoms with Gasteiger partial charge in [-0.3, -0.25) is 9.78 Å². The Hall–Kier alpha value is -4.91. The highest BCUT2D eigenvalue weighted by atomic mass is 16.3. The molecule has 6 heteroatoms. The van der Waals surface area contributed by atoms with E-state index in [9.17, 15) is 15.0 Å². The second-order valence-electron chi connectivity index (χ2n) is 11.2. The zero-order valence-corrected chi connectivity index (χ0v) is 24.7. The molecule has 6 aromatic rings. The van der Waals surface area contributed by atoms with E-state index in [4.69, 9.17) is 10.1 Å². The van der Waals surface area contributed by atoms with E-state index in [0.29, 0.717) is 34.4 Å². The number of carbonyl (C=O) groups is 1. The number of hydrogen-bond donors (Lipinski definition) is 2. The van der Waals surface area contributed by atoms with Crippen molar-refractivity contribution in [1.29, 1.82) is 0 Å². The quantitative estimate of drug-likeness (QED) is 0.169. The van der Waals surface area contributed by atoms with Crippen LogP contribution in [0.15, 0.2) is 127 Å². The maximum atomic E-state index is 13.4. The number of Topliss-reactive ketones (excluding diaryl/α,β-unsaturated/α-hetero) is 1. The van der Waals surface area contributed by atoms with Crippen molar-refractivity contribution in [3.05, 3.63) is 167 Å². The molecule has 0 saturated carbocycles. The standard InChI is InChI=1S/C38H35N3O3/c1-27(28-14-6-2-7-15-28)22-33(44)23-32-24-36-37(34(25-42)39-32)35(26-43)40-41(36)38(29-16-8-3-9-17-29,30-18-10-4-11-19-30)31-20-12-5-13-21-31/h2-21,24,27,42-43H,22-23,25-26H2,1H3/t27-/m0/s1. The molecule has 220 valence electrons. The molecule has 0 radical (unpaired) electrons. The van der Waals surface area contributed by atoms with Gasteiger partial charge in [0.05, 0.1) is 35.8 Å². The molecule has 0 amide bonds. The summed E-state index contributed by atoms with van der Waals surface area (Å²) in [6.07, 6.45) is 0.496. The van der Waals surface area contributed by atoms with Crippen LogP contribution < -0.4 is 0 Å². The maximum Gasteiger partial charge on any atom is 0.139 e. The molecule has 2 N–H and O–H groups in total. The van der Waals surface area contributed by atoms with Gasteiger partial charge in [0.15, 0.2) is 0 Å². The smallest absolute Gasteiger partial charge is 0.139 e. The fraction of sp³-hybridized carbons (Fsp3) is 0.184. The summed E-state index contributed by atoms with van der Waals surface area (Å²) in [5.41, 5.74) is 5.15. The minimum absolute atomic E-state index is 0.0611. The Labute approximate surface area is 257 Å². The number of rotatable bonds is 11. The highest BCUT2D eigenvalue weighted by Crippen LogP contribution is 2.43. The van der Waals surface area contributed by atoms with Crippen molar-refractivity contribution < 1.29 is 15.0 Å². The van der Waals surface area contributed by atoms with Crippen molar-refractivity contribution in [1.82, 2.24) is 14.8 Å². The van der Waals surface area contributed by atoms with Gasteiger partial charge in [-0.25, -0.2) is 4.68 Å². The van der Waals surface area contributed by atoms with E-state index in [2.05, 4.69) is 43.3 Å². The Morgan fingerprint density at radius 3 is 1.68 bits per heavy atom. The van der Waals surface area contributed by atoms with Crippen LogP contribution >= 0.6 is 0 Å². The van der Waals surface area contributed by atoms with Gasteiger partial charge in [-0.2, -0.15) is 5.10 Å². The average molecular weight is 582 g/mol. The third-order valence-electron chi connectivity index (χ3n) is 8.34. The first-order chi connectivity index (χ1) is 21.6. The molecule has 0 spiro atoms. The Balaban J connectivity index is 1.57. The van der Waals surface area contributed by atoms with Crippen LogP contribution in [0, 0.1) is 0 Å². The first-order valence-corrected chi connectivity index (χ1v) is 14.9. The van der Waals surface area contributed by atoms with Crippen molar-refractivity contribution in [3.8, 4) is 0 Å². The van der Waals surface area contributed by atoms with Crippen LogP contribution in [0.2, 0.25) is 0 Å². The highest BCUT2D eigenvalue weighted by molar-refractivity contribution is 5.87. The van der Waals surface area contributed by atoms with Gasteiger partial charge in [-0.1, -0.05) is 128 Å². The van der Waals surface area contributed by atoms with Gasteiger partial charge in [0, 0.05) is 18.2 Å². The van der Waals surface area contributed by atoms with E-state index >= 15 is 0 Å². The summed E-state index contributed by atoms with van der Waals surface area (Å²) in [5.74, 6) is 0.129. The fourth-order valence-corrected chi connectivity index (χ4v) is 6.34. The predicted octanol–water partition coefficient (Wildman–Crippen LogP) is 6.56. The molecule has 0 aliphatic heterocycles. The summed E-state index contributed by atoms with van der Waals surface area (Å²) in [5, 5.41) is 26.7. The number of fused-ring (bicyclic) bond motifs is 1. The van der Waals surface area contributed by atoms with E-state index in [1.54, 1.807) is 0 Å². The number of hydrogen-bond acceptors (Lipinski definition) is 5. The molecule has 1 atom stereocenters. The second kappa shape index (κ2) is 12.8. The zero-order chi connectivity index (χ0) is 30.5. The van der Waals surface area contributed by atoms with Gasteiger partial charge in [0.1, 0.15) is 11.3 Å². The van der Waals surface area contributed by atoms with E-state index in [0.717, 1.165) is 22.3 Å². The van der Waals surface area contributed by atoms with Crippen LogP contribution in [-0.2, 0) is 30.0 Å². The van der Waals surface area contributed by atoms with E-state index in [-0.39, 0.29) is 31.3 Å².